The van der Waals surface area contributed by atoms with E-state index in [-0.39, 0.29) is 11.4 Å². The molecule has 0 aromatic heterocycles. The summed E-state index contributed by atoms with van der Waals surface area (Å²) in [5.41, 5.74) is 1.89. The number of carbonyl (C=O) groups is 1. The van der Waals surface area contributed by atoms with Crippen molar-refractivity contribution >= 4 is 21.8 Å². The Hall–Kier alpha value is -0.830. The molecule has 0 atom stereocenters. The third-order valence-corrected chi connectivity index (χ3v) is 4.83. The molecule has 0 spiro atoms. The van der Waals surface area contributed by atoms with Gasteiger partial charge in [0, 0.05) is 10.9 Å². The Balaban J connectivity index is 2.07. The largest absolute Gasteiger partial charge is 0.346 e. The highest BCUT2D eigenvalue weighted by Crippen LogP contribution is 2.30. The molecule has 98 valence electrons. The second-order valence-electron chi connectivity index (χ2n) is 5.29. The monoisotopic (exact) mass is 309 g/mol. The van der Waals surface area contributed by atoms with Crippen molar-refractivity contribution in [1.29, 1.82) is 0 Å². The topological polar surface area (TPSA) is 29.1 Å². The van der Waals surface area contributed by atoms with Crippen LogP contribution in [0.15, 0.2) is 24.3 Å². The first-order valence-corrected chi connectivity index (χ1v) is 7.72. The molecule has 0 radical (unpaired) electrons. The predicted octanol–water partition coefficient (Wildman–Crippen LogP) is 3.82. The molecule has 1 aromatic rings. The van der Waals surface area contributed by atoms with Crippen molar-refractivity contribution in [2.24, 2.45) is 0 Å². The summed E-state index contributed by atoms with van der Waals surface area (Å²) < 4.78 is 0. The maximum absolute atomic E-state index is 12.3. The van der Waals surface area contributed by atoms with Gasteiger partial charge in [0.15, 0.2) is 0 Å². The first kappa shape index (κ1) is 13.6. The average Bonchev–Trinajstić information content (AvgIpc) is 2.40. The van der Waals surface area contributed by atoms with E-state index in [4.69, 9.17) is 0 Å². The van der Waals surface area contributed by atoms with E-state index in [0.29, 0.717) is 0 Å². The smallest absolute Gasteiger partial charge is 0.251 e. The summed E-state index contributed by atoms with van der Waals surface area (Å²) in [5.74, 6) is 0.0522. The molecule has 3 heteroatoms. The second kappa shape index (κ2) is 5.87. The quantitative estimate of drug-likeness (QED) is 0.845. The van der Waals surface area contributed by atoms with Crippen molar-refractivity contribution < 1.29 is 4.79 Å². The summed E-state index contributed by atoms with van der Waals surface area (Å²) >= 11 is 3.57. The summed E-state index contributed by atoms with van der Waals surface area (Å²) in [4.78, 5) is 12.3. The number of aryl methyl sites for hydroxylation is 1. The van der Waals surface area contributed by atoms with Crippen LogP contribution in [0.3, 0.4) is 0 Å². The van der Waals surface area contributed by atoms with Gasteiger partial charge in [-0.2, -0.15) is 0 Å². The summed E-state index contributed by atoms with van der Waals surface area (Å²) in [6.07, 6.45) is 5.86. The van der Waals surface area contributed by atoms with E-state index in [1.165, 1.54) is 24.8 Å². The van der Waals surface area contributed by atoms with Gasteiger partial charge < -0.3 is 5.32 Å². The SMILES string of the molecule is Cc1ccc(C(=O)NC2(CBr)CCCCC2)cc1. The van der Waals surface area contributed by atoms with Crippen LogP contribution in [0.2, 0.25) is 0 Å². The van der Waals surface area contributed by atoms with E-state index in [1.54, 1.807) is 0 Å². The van der Waals surface area contributed by atoms with Crippen LogP contribution in [0, 0.1) is 6.92 Å². The van der Waals surface area contributed by atoms with Crippen LogP contribution < -0.4 is 5.32 Å². The molecule has 2 rings (SSSR count). The van der Waals surface area contributed by atoms with Crippen LogP contribution in [0.25, 0.3) is 0 Å². The predicted molar refractivity (Wildman–Crippen MR) is 78.3 cm³/mol. The Morgan fingerprint density at radius 2 is 1.83 bits per heavy atom. The van der Waals surface area contributed by atoms with E-state index in [2.05, 4.69) is 21.2 Å². The number of carbonyl (C=O) groups excluding carboxylic acids is 1. The normalized spacial score (nSPS) is 18.3. The van der Waals surface area contributed by atoms with Crippen LogP contribution in [-0.4, -0.2) is 16.8 Å². The lowest BCUT2D eigenvalue weighted by atomic mass is 9.83. The number of hydrogen-bond acceptors (Lipinski definition) is 1. The maximum atomic E-state index is 12.3. The summed E-state index contributed by atoms with van der Waals surface area (Å²) in [6, 6.07) is 7.76. The van der Waals surface area contributed by atoms with Crippen LogP contribution in [0.5, 0.6) is 0 Å². The highest BCUT2D eigenvalue weighted by atomic mass is 79.9. The number of halogens is 1. The molecule has 1 N–H and O–H groups in total. The Bertz CT molecular complexity index is 407. The molecular weight excluding hydrogens is 290 g/mol. The van der Waals surface area contributed by atoms with Crippen LogP contribution >= 0.6 is 15.9 Å². The van der Waals surface area contributed by atoms with Crippen molar-refractivity contribution in [2.75, 3.05) is 5.33 Å². The van der Waals surface area contributed by atoms with Crippen molar-refractivity contribution in [3.8, 4) is 0 Å². The number of alkyl halides is 1. The van der Waals surface area contributed by atoms with Gasteiger partial charge >= 0.3 is 0 Å². The van der Waals surface area contributed by atoms with Gasteiger partial charge in [-0.1, -0.05) is 52.9 Å². The molecule has 0 unspecified atom stereocenters. The van der Waals surface area contributed by atoms with Gasteiger partial charge in [-0.05, 0) is 31.9 Å². The lowest BCUT2D eigenvalue weighted by Gasteiger charge is -2.36. The summed E-state index contributed by atoms with van der Waals surface area (Å²) in [5, 5.41) is 4.08. The third-order valence-electron chi connectivity index (χ3n) is 3.76. The molecule has 0 aliphatic heterocycles. The minimum Gasteiger partial charge on any atom is -0.346 e. The number of benzene rings is 1. The van der Waals surface area contributed by atoms with Crippen LogP contribution in [0.4, 0.5) is 0 Å². The fourth-order valence-corrected chi connectivity index (χ4v) is 3.24. The molecule has 1 aliphatic carbocycles. The van der Waals surface area contributed by atoms with Gasteiger partial charge in [-0.25, -0.2) is 0 Å². The zero-order chi connectivity index (χ0) is 13.0. The molecule has 0 heterocycles. The Morgan fingerprint density at radius 3 is 2.39 bits per heavy atom. The van der Waals surface area contributed by atoms with Crippen LogP contribution in [-0.2, 0) is 0 Å². The van der Waals surface area contributed by atoms with Crippen LogP contribution in [0.1, 0.15) is 48.0 Å². The van der Waals surface area contributed by atoms with Gasteiger partial charge in [-0.3, -0.25) is 4.79 Å². The first-order chi connectivity index (χ1) is 8.65. The maximum Gasteiger partial charge on any atom is 0.251 e. The fourth-order valence-electron chi connectivity index (χ4n) is 2.54. The standard InChI is InChI=1S/C15H20BrNO/c1-12-5-7-13(8-6-12)14(18)17-15(11-16)9-3-2-4-10-15/h5-8H,2-4,9-11H2,1H3,(H,17,18). The minimum absolute atomic E-state index is 0.0414. The Morgan fingerprint density at radius 1 is 1.22 bits per heavy atom. The molecule has 2 nitrogen and oxygen atoms in total. The molecule has 18 heavy (non-hydrogen) atoms. The van der Waals surface area contributed by atoms with Crippen molar-refractivity contribution in [3.05, 3.63) is 35.4 Å². The average molecular weight is 310 g/mol. The lowest BCUT2D eigenvalue weighted by Crippen LogP contribution is -2.51. The van der Waals surface area contributed by atoms with E-state index in [9.17, 15) is 4.79 Å². The zero-order valence-electron chi connectivity index (χ0n) is 10.8. The van der Waals surface area contributed by atoms with Gasteiger partial charge in [0.2, 0.25) is 0 Å². The third kappa shape index (κ3) is 3.14. The molecule has 1 amide bonds. The molecule has 1 saturated carbocycles. The highest BCUT2D eigenvalue weighted by molar-refractivity contribution is 9.09. The number of hydrogen-bond donors (Lipinski definition) is 1. The van der Waals surface area contributed by atoms with E-state index in [0.717, 1.165) is 23.7 Å². The highest BCUT2D eigenvalue weighted by Gasteiger charge is 2.32. The van der Waals surface area contributed by atoms with E-state index < -0.39 is 0 Å². The fraction of sp³-hybridized carbons (Fsp3) is 0.533. The first-order valence-electron chi connectivity index (χ1n) is 6.60. The second-order valence-corrected chi connectivity index (χ2v) is 5.86. The molecule has 1 fully saturated rings. The number of amides is 1. The molecule has 1 aromatic carbocycles. The number of nitrogens with one attached hydrogen (secondary N) is 1. The molecule has 0 bridgehead atoms. The Kier molecular flexibility index (Phi) is 4.44. The van der Waals surface area contributed by atoms with E-state index >= 15 is 0 Å². The van der Waals surface area contributed by atoms with Gasteiger partial charge in [0.1, 0.15) is 0 Å². The zero-order valence-corrected chi connectivity index (χ0v) is 12.4. The molecular formula is C15H20BrNO. The van der Waals surface area contributed by atoms with E-state index in [1.807, 2.05) is 31.2 Å². The van der Waals surface area contributed by atoms with Crippen molar-refractivity contribution in [2.45, 2.75) is 44.6 Å². The molecule has 0 saturated heterocycles. The van der Waals surface area contributed by atoms with Gasteiger partial charge in [0.25, 0.3) is 5.91 Å². The lowest BCUT2D eigenvalue weighted by molar-refractivity contribution is 0.0886. The van der Waals surface area contributed by atoms with Crippen molar-refractivity contribution in [1.82, 2.24) is 5.32 Å². The van der Waals surface area contributed by atoms with Crippen molar-refractivity contribution in [3.63, 3.8) is 0 Å². The summed E-state index contributed by atoms with van der Waals surface area (Å²) in [6.45, 7) is 2.03. The molecule has 1 aliphatic rings. The Labute approximate surface area is 117 Å². The summed E-state index contributed by atoms with van der Waals surface area (Å²) in [7, 11) is 0. The minimum atomic E-state index is -0.0414. The number of rotatable bonds is 3. The van der Waals surface area contributed by atoms with Gasteiger partial charge in [0.05, 0.1) is 5.54 Å². The van der Waals surface area contributed by atoms with Gasteiger partial charge in [-0.15, -0.1) is 0 Å².